The van der Waals surface area contributed by atoms with Crippen LogP contribution >= 0.6 is 0 Å². The van der Waals surface area contributed by atoms with Crippen LogP contribution in [0.4, 0.5) is 0 Å². The van der Waals surface area contributed by atoms with Crippen molar-refractivity contribution in [2.24, 2.45) is 16.2 Å². The van der Waals surface area contributed by atoms with E-state index in [9.17, 15) is 0 Å². The van der Waals surface area contributed by atoms with Gasteiger partial charge in [-0.05, 0) is 6.92 Å². The van der Waals surface area contributed by atoms with E-state index in [1.54, 1.807) is 13.0 Å². The SMILES string of the molecule is C=CC(C)C([SiH3])=NO.CC=NO. The quantitative estimate of drug-likeness (QED) is 0.217. The monoisotopic (exact) mass is 188 g/mol. The molecule has 0 rings (SSSR count). The van der Waals surface area contributed by atoms with Gasteiger partial charge < -0.3 is 10.4 Å². The van der Waals surface area contributed by atoms with E-state index in [1.807, 2.05) is 6.92 Å². The summed E-state index contributed by atoms with van der Waals surface area (Å²) in [5.74, 6) is 0.242. The van der Waals surface area contributed by atoms with E-state index in [0.717, 1.165) is 15.6 Å². The number of rotatable bonds is 2. The van der Waals surface area contributed by atoms with E-state index in [-0.39, 0.29) is 5.92 Å². The van der Waals surface area contributed by atoms with E-state index in [0.29, 0.717) is 0 Å². The largest absolute Gasteiger partial charge is 0.411 e. The molecule has 0 aliphatic rings. The lowest BCUT2D eigenvalue weighted by Crippen LogP contribution is -2.07. The lowest BCUT2D eigenvalue weighted by Gasteiger charge is -1.99. The van der Waals surface area contributed by atoms with E-state index in [2.05, 4.69) is 16.9 Å². The fraction of sp³-hybridized carbons (Fsp3) is 0.429. The van der Waals surface area contributed by atoms with Crippen molar-refractivity contribution in [3.63, 3.8) is 0 Å². The van der Waals surface area contributed by atoms with Crippen molar-refractivity contribution in [2.75, 3.05) is 0 Å². The van der Waals surface area contributed by atoms with Crippen molar-refractivity contribution >= 4 is 21.8 Å². The van der Waals surface area contributed by atoms with Gasteiger partial charge in [0.25, 0.3) is 0 Å². The molecule has 0 heterocycles. The second-order valence-corrected chi connectivity index (χ2v) is 3.16. The summed E-state index contributed by atoms with van der Waals surface area (Å²) in [7, 11) is 0.812. The second kappa shape index (κ2) is 9.90. The van der Waals surface area contributed by atoms with Crippen LogP contribution in [0.25, 0.3) is 0 Å². The Balaban J connectivity index is 0. The van der Waals surface area contributed by atoms with Crippen LogP contribution in [-0.2, 0) is 0 Å². The highest BCUT2D eigenvalue weighted by molar-refractivity contribution is 6.60. The summed E-state index contributed by atoms with van der Waals surface area (Å²) >= 11 is 0. The van der Waals surface area contributed by atoms with Gasteiger partial charge >= 0.3 is 0 Å². The van der Waals surface area contributed by atoms with Gasteiger partial charge in [0.15, 0.2) is 0 Å². The average Bonchev–Trinajstić information content (AvgIpc) is 2.15. The van der Waals surface area contributed by atoms with Crippen LogP contribution in [-0.4, -0.2) is 32.2 Å². The van der Waals surface area contributed by atoms with Gasteiger partial charge in [-0.3, -0.25) is 0 Å². The smallest absolute Gasteiger partial charge is 0.0621 e. The molecule has 0 aliphatic heterocycles. The topological polar surface area (TPSA) is 65.2 Å². The Bertz CT molecular complexity index is 165. The summed E-state index contributed by atoms with van der Waals surface area (Å²) in [6.07, 6.45) is 3.07. The summed E-state index contributed by atoms with van der Waals surface area (Å²) in [5, 5.41) is 22.2. The Hall–Kier alpha value is -1.10. The molecule has 70 valence electrons. The van der Waals surface area contributed by atoms with Gasteiger partial charge in [0.1, 0.15) is 0 Å². The molecule has 0 aromatic carbocycles. The minimum atomic E-state index is 0.242. The van der Waals surface area contributed by atoms with Crippen LogP contribution in [0.1, 0.15) is 13.8 Å². The van der Waals surface area contributed by atoms with Gasteiger partial charge in [-0.2, -0.15) is 0 Å². The Kier molecular flexibility index (Phi) is 11.1. The maximum Gasteiger partial charge on any atom is 0.0621 e. The van der Waals surface area contributed by atoms with Crippen molar-refractivity contribution in [1.29, 1.82) is 0 Å². The second-order valence-electron chi connectivity index (χ2n) is 2.14. The van der Waals surface area contributed by atoms with Gasteiger partial charge in [0.05, 0.1) is 10.2 Å². The maximum atomic E-state index is 8.21. The molecule has 1 unspecified atom stereocenters. The molecule has 0 bridgehead atoms. The molecule has 0 aromatic heterocycles. The minimum Gasteiger partial charge on any atom is -0.411 e. The first-order valence-corrected chi connectivity index (χ1v) is 4.57. The molecular formula is C7H16N2O2Si. The summed E-state index contributed by atoms with van der Waals surface area (Å²) in [5.41, 5.74) is 0. The van der Waals surface area contributed by atoms with E-state index >= 15 is 0 Å². The zero-order chi connectivity index (χ0) is 9.98. The molecule has 2 N–H and O–H groups in total. The lowest BCUT2D eigenvalue weighted by atomic mass is 10.2. The third-order valence-corrected chi connectivity index (χ3v) is 2.40. The molecule has 0 saturated heterocycles. The Morgan fingerprint density at radius 1 is 1.58 bits per heavy atom. The third kappa shape index (κ3) is 8.90. The summed E-state index contributed by atoms with van der Waals surface area (Å²) in [6.45, 7) is 7.15. The van der Waals surface area contributed by atoms with Gasteiger partial charge in [0.2, 0.25) is 0 Å². The molecular weight excluding hydrogens is 172 g/mol. The van der Waals surface area contributed by atoms with E-state index in [1.165, 1.54) is 6.21 Å². The number of hydrogen-bond acceptors (Lipinski definition) is 4. The molecule has 5 heteroatoms. The predicted octanol–water partition coefficient (Wildman–Crippen LogP) is 0.428. The third-order valence-electron chi connectivity index (χ3n) is 1.29. The molecule has 0 saturated carbocycles. The molecule has 0 spiro atoms. The van der Waals surface area contributed by atoms with E-state index < -0.39 is 0 Å². The highest BCUT2D eigenvalue weighted by Crippen LogP contribution is 1.94. The van der Waals surface area contributed by atoms with Crippen LogP contribution in [0.3, 0.4) is 0 Å². The highest BCUT2D eigenvalue weighted by atomic mass is 28.1. The summed E-state index contributed by atoms with van der Waals surface area (Å²) < 4.78 is 0. The number of oxime groups is 2. The first-order chi connectivity index (χ1) is 5.63. The van der Waals surface area contributed by atoms with Crippen LogP contribution in [0.15, 0.2) is 23.0 Å². The standard InChI is InChI=1S/C5H11NOSi.C2H5NO/c1-3-4(2)5(8)6-7;1-2-3-4/h3-4,7H,1H2,2,8H3;2,4H,1H3. The lowest BCUT2D eigenvalue weighted by molar-refractivity contribution is 0.318. The fourth-order valence-electron chi connectivity index (χ4n) is 0.262. The van der Waals surface area contributed by atoms with Crippen molar-refractivity contribution < 1.29 is 10.4 Å². The summed E-state index contributed by atoms with van der Waals surface area (Å²) in [6, 6.07) is 0. The molecule has 0 fully saturated rings. The number of nitrogens with zero attached hydrogens (tertiary/aromatic N) is 2. The Morgan fingerprint density at radius 2 is 2.00 bits per heavy atom. The van der Waals surface area contributed by atoms with Crippen molar-refractivity contribution in [2.45, 2.75) is 13.8 Å². The normalized spacial score (nSPS) is 13.7. The molecule has 4 nitrogen and oxygen atoms in total. The predicted molar refractivity (Wildman–Crippen MR) is 54.5 cm³/mol. The van der Waals surface area contributed by atoms with Gasteiger partial charge in [-0.15, -0.1) is 16.9 Å². The first kappa shape index (κ1) is 13.5. The Morgan fingerprint density at radius 3 is 2.08 bits per heavy atom. The van der Waals surface area contributed by atoms with Crippen LogP contribution in [0, 0.1) is 5.92 Å². The fourth-order valence-corrected chi connectivity index (χ4v) is 0.497. The minimum absolute atomic E-state index is 0.242. The molecule has 0 radical (unpaired) electrons. The molecule has 0 aromatic rings. The Labute approximate surface area is 75.7 Å². The zero-order valence-electron chi connectivity index (χ0n) is 7.73. The van der Waals surface area contributed by atoms with Gasteiger partial charge in [-0.25, -0.2) is 0 Å². The highest BCUT2D eigenvalue weighted by Gasteiger charge is 1.97. The van der Waals surface area contributed by atoms with Crippen molar-refractivity contribution in [1.82, 2.24) is 0 Å². The molecule has 0 aliphatic carbocycles. The molecule has 12 heavy (non-hydrogen) atoms. The summed E-state index contributed by atoms with van der Waals surface area (Å²) in [4.78, 5) is 0. The van der Waals surface area contributed by atoms with Crippen LogP contribution < -0.4 is 0 Å². The van der Waals surface area contributed by atoms with E-state index in [4.69, 9.17) is 10.4 Å². The van der Waals surface area contributed by atoms with Crippen LogP contribution in [0.2, 0.25) is 0 Å². The zero-order valence-corrected chi connectivity index (χ0v) is 9.73. The van der Waals surface area contributed by atoms with Gasteiger partial charge in [-0.1, -0.05) is 13.0 Å². The maximum absolute atomic E-state index is 8.21. The van der Waals surface area contributed by atoms with Gasteiger partial charge in [0, 0.05) is 17.5 Å². The molecule has 1 atom stereocenters. The average molecular weight is 188 g/mol. The van der Waals surface area contributed by atoms with Crippen molar-refractivity contribution in [3.8, 4) is 0 Å². The molecule has 0 amide bonds. The van der Waals surface area contributed by atoms with Crippen LogP contribution in [0.5, 0.6) is 0 Å². The number of allylic oxidation sites excluding steroid dienone is 1. The first-order valence-electron chi connectivity index (χ1n) is 3.57. The number of hydrogen-bond donors (Lipinski definition) is 2. The van der Waals surface area contributed by atoms with Crippen molar-refractivity contribution in [3.05, 3.63) is 12.7 Å².